The predicted molar refractivity (Wildman–Crippen MR) is 53.8 cm³/mol. The van der Waals surface area contributed by atoms with E-state index in [1.807, 2.05) is 4.90 Å². The van der Waals surface area contributed by atoms with Gasteiger partial charge in [-0.1, -0.05) is 6.92 Å². The molecular weight excluding hydrogens is 184 g/mol. The first kappa shape index (κ1) is 8.56. The van der Waals surface area contributed by atoms with Crippen LogP contribution in [0.4, 0.5) is 5.69 Å². The zero-order valence-corrected chi connectivity index (χ0v) is 8.30. The van der Waals surface area contributed by atoms with Crippen molar-refractivity contribution in [2.24, 2.45) is 5.92 Å². The Morgan fingerprint density at radius 3 is 2.85 bits per heavy atom. The van der Waals surface area contributed by atoms with Crippen molar-refractivity contribution in [2.45, 2.75) is 6.92 Å². The van der Waals surface area contributed by atoms with Crippen molar-refractivity contribution in [3.63, 3.8) is 0 Å². The van der Waals surface area contributed by atoms with Crippen molar-refractivity contribution >= 4 is 22.9 Å². The molecule has 1 aromatic heterocycles. The Kier molecular flexibility index (Phi) is 2.00. The Morgan fingerprint density at radius 1 is 1.69 bits per heavy atom. The Hall–Kier alpha value is -1.03. The molecule has 0 bridgehead atoms. The first-order chi connectivity index (χ1) is 6.16. The van der Waals surface area contributed by atoms with E-state index in [9.17, 15) is 4.79 Å². The maximum Gasteiger partial charge on any atom is 0.264 e. The van der Waals surface area contributed by atoms with Gasteiger partial charge < -0.3 is 10.6 Å². The molecule has 1 aliphatic heterocycles. The molecule has 1 aromatic rings. The molecule has 3 nitrogen and oxygen atoms in total. The lowest BCUT2D eigenvalue weighted by Gasteiger charge is -2.36. The van der Waals surface area contributed by atoms with E-state index < -0.39 is 0 Å². The van der Waals surface area contributed by atoms with E-state index in [2.05, 4.69) is 6.92 Å². The Bertz CT molecular complexity index is 328. The van der Waals surface area contributed by atoms with Gasteiger partial charge in [-0.15, -0.1) is 11.3 Å². The summed E-state index contributed by atoms with van der Waals surface area (Å²) in [5.74, 6) is 0.779. The number of amides is 1. The fourth-order valence-corrected chi connectivity index (χ4v) is 2.25. The van der Waals surface area contributed by atoms with Crippen LogP contribution in [0.1, 0.15) is 16.6 Å². The zero-order chi connectivity index (χ0) is 9.42. The van der Waals surface area contributed by atoms with Crippen LogP contribution in [0.3, 0.4) is 0 Å². The topological polar surface area (TPSA) is 46.3 Å². The van der Waals surface area contributed by atoms with E-state index >= 15 is 0 Å². The molecule has 0 spiro atoms. The van der Waals surface area contributed by atoms with Crippen LogP contribution < -0.4 is 5.73 Å². The fraction of sp³-hybridized carbons (Fsp3) is 0.444. The summed E-state index contributed by atoms with van der Waals surface area (Å²) in [6.07, 6.45) is 0. The number of likely N-dealkylation sites (tertiary alicyclic amines) is 1. The summed E-state index contributed by atoms with van der Waals surface area (Å²) >= 11 is 1.42. The van der Waals surface area contributed by atoms with Crippen LogP contribution in [0.25, 0.3) is 0 Å². The Morgan fingerprint density at radius 2 is 2.38 bits per heavy atom. The Labute approximate surface area is 81.2 Å². The first-order valence-corrected chi connectivity index (χ1v) is 5.18. The fourth-order valence-electron chi connectivity index (χ4n) is 1.48. The maximum atomic E-state index is 11.7. The molecule has 13 heavy (non-hydrogen) atoms. The highest BCUT2D eigenvalue weighted by atomic mass is 32.1. The molecule has 70 valence electrons. The maximum absolute atomic E-state index is 11.7. The van der Waals surface area contributed by atoms with E-state index in [4.69, 9.17) is 5.73 Å². The second-order valence-electron chi connectivity index (χ2n) is 3.56. The molecule has 0 atom stereocenters. The molecule has 2 rings (SSSR count). The number of rotatable bonds is 1. The molecule has 1 aliphatic rings. The number of hydrogen-bond donors (Lipinski definition) is 1. The number of nitrogens with zero attached hydrogens (tertiary/aromatic N) is 1. The smallest absolute Gasteiger partial charge is 0.264 e. The average Bonchev–Trinajstić information content (AvgIpc) is 2.45. The van der Waals surface area contributed by atoms with Crippen molar-refractivity contribution in [1.29, 1.82) is 0 Å². The number of nitrogens with two attached hydrogens (primary N) is 1. The normalized spacial score (nSPS) is 17.2. The number of anilines is 1. The highest BCUT2D eigenvalue weighted by Crippen LogP contribution is 2.22. The predicted octanol–water partition coefficient (Wildman–Crippen LogP) is 1.42. The molecule has 2 N–H and O–H groups in total. The minimum Gasteiger partial charge on any atom is -0.398 e. The molecule has 2 heterocycles. The molecule has 0 aromatic carbocycles. The quantitative estimate of drug-likeness (QED) is 0.738. The van der Waals surface area contributed by atoms with Crippen LogP contribution in [0.2, 0.25) is 0 Å². The van der Waals surface area contributed by atoms with Crippen molar-refractivity contribution < 1.29 is 4.79 Å². The largest absolute Gasteiger partial charge is 0.398 e. The number of carbonyl (C=O) groups excluding carboxylic acids is 1. The lowest BCUT2D eigenvalue weighted by molar-refractivity contribution is 0.0535. The second kappa shape index (κ2) is 3.03. The highest BCUT2D eigenvalue weighted by Gasteiger charge is 2.28. The molecule has 4 heteroatoms. The van der Waals surface area contributed by atoms with Gasteiger partial charge in [-0.3, -0.25) is 4.79 Å². The Balaban J connectivity index is 2.06. The monoisotopic (exact) mass is 196 g/mol. The van der Waals surface area contributed by atoms with Crippen molar-refractivity contribution in [3.8, 4) is 0 Å². The van der Waals surface area contributed by atoms with Gasteiger partial charge in [0.15, 0.2) is 0 Å². The third-order valence-electron chi connectivity index (χ3n) is 2.18. The van der Waals surface area contributed by atoms with Gasteiger partial charge in [0.1, 0.15) is 0 Å². The van der Waals surface area contributed by atoms with Gasteiger partial charge in [0, 0.05) is 24.2 Å². The number of nitrogen functional groups attached to an aromatic ring is 1. The summed E-state index contributed by atoms with van der Waals surface area (Å²) in [6, 6.07) is 1.75. The lowest BCUT2D eigenvalue weighted by Crippen LogP contribution is -2.48. The molecule has 0 radical (unpaired) electrons. The molecular formula is C9H12N2OS. The van der Waals surface area contributed by atoms with E-state index in [0.29, 0.717) is 11.6 Å². The van der Waals surface area contributed by atoms with Crippen LogP contribution in [0.5, 0.6) is 0 Å². The third kappa shape index (κ3) is 1.54. The minimum atomic E-state index is 0.125. The van der Waals surface area contributed by atoms with Gasteiger partial charge >= 0.3 is 0 Å². The number of carbonyl (C=O) groups is 1. The zero-order valence-electron chi connectivity index (χ0n) is 7.49. The van der Waals surface area contributed by atoms with Crippen LogP contribution in [0.15, 0.2) is 11.4 Å². The van der Waals surface area contributed by atoms with Gasteiger partial charge in [-0.05, 0) is 12.0 Å². The summed E-state index contributed by atoms with van der Waals surface area (Å²) < 4.78 is 0. The molecule has 0 saturated carbocycles. The summed E-state index contributed by atoms with van der Waals surface area (Å²) in [6.45, 7) is 3.92. The summed E-state index contributed by atoms with van der Waals surface area (Å²) in [5, 5.41) is 1.80. The SMILES string of the molecule is CC1CN(C(=O)c2cc(N)cs2)C1. The van der Waals surface area contributed by atoms with Gasteiger partial charge in [0.2, 0.25) is 0 Å². The lowest BCUT2D eigenvalue weighted by atomic mass is 10.0. The van der Waals surface area contributed by atoms with Crippen molar-refractivity contribution in [3.05, 3.63) is 16.3 Å². The summed E-state index contributed by atoms with van der Waals surface area (Å²) in [7, 11) is 0. The van der Waals surface area contributed by atoms with Gasteiger partial charge in [0.25, 0.3) is 5.91 Å². The van der Waals surface area contributed by atoms with E-state index in [1.54, 1.807) is 11.4 Å². The van der Waals surface area contributed by atoms with Crippen molar-refractivity contribution in [1.82, 2.24) is 4.90 Å². The number of thiophene rings is 1. The van der Waals surface area contributed by atoms with E-state index in [-0.39, 0.29) is 5.91 Å². The van der Waals surface area contributed by atoms with E-state index in [0.717, 1.165) is 18.0 Å². The van der Waals surface area contributed by atoms with Gasteiger partial charge in [0.05, 0.1) is 4.88 Å². The van der Waals surface area contributed by atoms with Crippen LogP contribution in [0, 0.1) is 5.92 Å². The van der Waals surface area contributed by atoms with Crippen LogP contribution in [-0.4, -0.2) is 23.9 Å². The molecule has 1 amide bonds. The van der Waals surface area contributed by atoms with Crippen LogP contribution in [-0.2, 0) is 0 Å². The van der Waals surface area contributed by atoms with E-state index in [1.165, 1.54) is 11.3 Å². The van der Waals surface area contributed by atoms with Gasteiger partial charge in [-0.2, -0.15) is 0 Å². The molecule has 1 fully saturated rings. The molecule has 0 unspecified atom stereocenters. The molecule has 0 aliphatic carbocycles. The number of hydrogen-bond acceptors (Lipinski definition) is 3. The molecule has 1 saturated heterocycles. The third-order valence-corrected chi connectivity index (χ3v) is 3.12. The average molecular weight is 196 g/mol. The summed E-state index contributed by atoms with van der Waals surface area (Å²) in [4.78, 5) is 14.3. The summed E-state index contributed by atoms with van der Waals surface area (Å²) in [5.41, 5.74) is 6.23. The second-order valence-corrected chi connectivity index (χ2v) is 4.47. The highest BCUT2D eigenvalue weighted by molar-refractivity contribution is 7.12. The standard InChI is InChI=1S/C9H12N2OS/c1-6-3-11(4-6)9(12)8-2-7(10)5-13-8/h2,5-6H,3-4,10H2,1H3. The van der Waals surface area contributed by atoms with Gasteiger partial charge in [-0.25, -0.2) is 0 Å². The first-order valence-electron chi connectivity index (χ1n) is 4.30. The van der Waals surface area contributed by atoms with Crippen LogP contribution >= 0.6 is 11.3 Å². The minimum absolute atomic E-state index is 0.125. The van der Waals surface area contributed by atoms with Crippen molar-refractivity contribution in [2.75, 3.05) is 18.8 Å².